The van der Waals surface area contributed by atoms with E-state index >= 15 is 0 Å². The van der Waals surface area contributed by atoms with Gasteiger partial charge in [0.05, 0.1) is 6.10 Å². The molecular formula is C17H24FNO. The van der Waals surface area contributed by atoms with Gasteiger partial charge in [0.25, 0.3) is 0 Å². The third-order valence-electron chi connectivity index (χ3n) is 4.92. The van der Waals surface area contributed by atoms with Crippen molar-refractivity contribution in [1.29, 1.82) is 0 Å². The van der Waals surface area contributed by atoms with E-state index in [0.29, 0.717) is 18.4 Å². The van der Waals surface area contributed by atoms with Crippen LogP contribution in [0.1, 0.15) is 56.6 Å². The summed E-state index contributed by atoms with van der Waals surface area (Å²) in [7, 11) is 0. The average molecular weight is 277 g/mol. The van der Waals surface area contributed by atoms with Crippen molar-refractivity contribution in [2.75, 3.05) is 0 Å². The van der Waals surface area contributed by atoms with Crippen LogP contribution in [0.3, 0.4) is 0 Å². The maximum atomic E-state index is 13.4. The lowest BCUT2D eigenvalue weighted by Crippen LogP contribution is -2.47. The second-order valence-electron chi connectivity index (χ2n) is 6.40. The quantitative estimate of drug-likeness (QED) is 0.866. The Balaban J connectivity index is 1.72. The third-order valence-corrected chi connectivity index (χ3v) is 4.92. The van der Waals surface area contributed by atoms with Gasteiger partial charge >= 0.3 is 0 Å². The zero-order valence-corrected chi connectivity index (χ0v) is 11.9. The van der Waals surface area contributed by atoms with Crippen LogP contribution in [-0.4, -0.2) is 17.3 Å². The lowest BCUT2D eigenvalue weighted by Gasteiger charge is -2.40. The van der Waals surface area contributed by atoms with Crippen molar-refractivity contribution in [3.8, 4) is 0 Å². The van der Waals surface area contributed by atoms with Gasteiger partial charge in [-0.2, -0.15) is 0 Å². The maximum Gasteiger partial charge on any atom is 0.123 e. The highest BCUT2D eigenvalue weighted by molar-refractivity contribution is 5.21. The summed E-state index contributed by atoms with van der Waals surface area (Å²) >= 11 is 0. The van der Waals surface area contributed by atoms with Crippen molar-refractivity contribution >= 4 is 0 Å². The minimum atomic E-state index is -0.267. The number of benzene rings is 1. The monoisotopic (exact) mass is 277 g/mol. The van der Waals surface area contributed by atoms with Gasteiger partial charge in [0.1, 0.15) is 5.82 Å². The van der Waals surface area contributed by atoms with Gasteiger partial charge in [0.2, 0.25) is 0 Å². The molecule has 2 aliphatic rings. The summed E-state index contributed by atoms with van der Waals surface area (Å²) < 4.78 is 13.4. The molecule has 3 atom stereocenters. The predicted octanol–water partition coefficient (Wildman–Crippen LogP) is 3.56. The van der Waals surface area contributed by atoms with Crippen LogP contribution in [-0.2, 0) is 0 Å². The van der Waals surface area contributed by atoms with Gasteiger partial charge in [0.15, 0.2) is 0 Å². The fourth-order valence-corrected chi connectivity index (χ4v) is 3.88. The largest absolute Gasteiger partial charge is 0.393 e. The Morgan fingerprint density at radius 2 is 1.90 bits per heavy atom. The van der Waals surface area contributed by atoms with Crippen LogP contribution in [0.2, 0.25) is 0 Å². The lowest BCUT2D eigenvalue weighted by molar-refractivity contribution is 0.0692. The Bertz CT molecular complexity index is 444. The van der Waals surface area contributed by atoms with Crippen molar-refractivity contribution in [3.63, 3.8) is 0 Å². The van der Waals surface area contributed by atoms with Gasteiger partial charge in [-0.1, -0.05) is 31.4 Å². The summed E-state index contributed by atoms with van der Waals surface area (Å²) in [6.07, 6.45) is 7.76. The van der Waals surface area contributed by atoms with E-state index in [-0.39, 0.29) is 18.0 Å². The van der Waals surface area contributed by atoms with Crippen LogP contribution in [0.25, 0.3) is 0 Å². The van der Waals surface area contributed by atoms with Crippen molar-refractivity contribution in [2.24, 2.45) is 5.92 Å². The molecule has 3 heteroatoms. The fourth-order valence-electron chi connectivity index (χ4n) is 3.88. The van der Waals surface area contributed by atoms with Gasteiger partial charge in [-0.3, -0.25) is 0 Å². The fraction of sp³-hybridized carbons (Fsp3) is 0.647. The normalized spacial score (nSPS) is 32.2. The smallest absolute Gasteiger partial charge is 0.123 e. The van der Waals surface area contributed by atoms with Gasteiger partial charge in [-0.05, 0) is 49.3 Å². The Morgan fingerprint density at radius 3 is 2.65 bits per heavy atom. The van der Waals surface area contributed by atoms with Crippen molar-refractivity contribution in [2.45, 2.75) is 63.1 Å². The highest BCUT2D eigenvalue weighted by Gasteiger charge is 2.33. The van der Waals surface area contributed by atoms with Crippen LogP contribution in [0.15, 0.2) is 24.3 Å². The van der Waals surface area contributed by atoms with Crippen LogP contribution in [0.5, 0.6) is 0 Å². The standard InChI is InChI=1S/C17H24FNO/c18-14-8-4-7-13(9-14)17-11-15(20)10-16(19-17)12-5-2-1-3-6-12/h4,7-9,12,15-17,19-20H,1-3,5-6,10-11H2/t15-,16-,17+/m0/s1. The van der Waals surface area contributed by atoms with E-state index in [9.17, 15) is 9.50 Å². The first-order valence-electron chi connectivity index (χ1n) is 7.92. The topological polar surface area (TPSA) is 32.3 Å². The molecule has 0 bridgehead atoms. The summed E-state index contributed by atoms with van der Waals surface area (Å²) in [4.78, 5) is 0. The average Bonchev–Trinajstić information content (AvgIpc) is 2.47. The molecule has 20 heavy (non-hydrogen) atoms. The molecule has 1 aliphatic heterocycles. The SMILES string of the molecule is O[C@H]1C[C@@H](C2CCCCC2)N[C@@H](c2cccc(F)c2)C1. The number of piperidine rings is 1. The molecule has 1 saturated carbocycles. The molecule has 1 aromatic rings. The summed E-state index contributed by atoms with van der Waals surface area (Å²) in [5.41, 5.74) is 0.963. The second kappa shape index (κ2) is 6.23. The molecule has 0 amide bonds. The third kappa shape index (κ3) is 3.21. The zero-order chi connectivity index (χ0) is 13.9. The van der Waals surface area contributed by atoms with Crippen molar-refractivity contribution < 1.29 is 9.50 Å². The van der Waals surface area contributed by atoms with Gasteiger partial charge in [0, 0.05) is 12.1 Å². The molecule has 2 fully saturated rings. The summed E-state index contributed by atoms with van der Waals surface area (Å²) in [5, 5.41) is 13.8. The van der Waals surface area contributed by atoms with Crippen LogP contribution in [0, 0.1) is 11.7 Å². The first-order valence-corrected chi connectivity index (χ1v) is 7.92. The molecule has 0 unspecified atom stereocenters. The van der Waals surface area contributed by atoms with E-state index in [2.05, 4.69) is 5.32 Å². The minimum absolute atomic E-state index is 0.0846. The Morgan fingerprint density at radius 1 is 1.10 bits per heavy atom. The molecule has 0 aromatic heterocycles. The number of hydrogen-bond acceptors (Lipinski definition) is 2. The summed E-state index contributed by atoms with van der Waals surface area (Å²) in [5.74, 6) is 0.480. The van der Waals surface area contributed by atoms with E-state index < -0.39 is 0 Å². The van der Waals surface area contributed by atoms with Gasteiger partial charge in [-0.15, -0.1) is 0 Å². The van der Waals surface area contributed by atoms with Crippen LogP contribution in [0.4, 0.5) is 4.39 Å². The molecule has 1 saturated heterocycles. The van der Waals surface area contributed by atoms with E-state index in [1.165, 1.54) is 38.2 Å². The first-order chi connectivity index (χ1) is 9.72. The Kier molecular flexibility index (Phi) is 4.37. The molecule has 0 radical (unpaired) electrons. The second-order valence-corrected chi connectivity index (χ2v) is 6.40. The molecule has 2 nitrogen and oxygen atoms in total. The molecule has 1 heterocycles. The molecule has 110 valence electrons. The lowest BCUT2D eigenvalue weighted by atomic mass is 9.78. The van der Waals surface area contributed by atoms with Crippen LogP contribution < -0.4 is 5.32 Å². The highest BCUT2D eigenvalue weighted by atomic mass is 19.1. The predicted molar refractivity (Wildman–Crippen MR) is 77.9 cm³/mol. The van der Waals surface area contributed by atoms with Gasteiger partial charge in [-0.25, -0.2) is 4.39 Å². The first kappa shape index (κ1) is 14.0. The number of halogens is 1. The molecule has 2 N–H and O–H groups in total. The van der Waals surface area contributed by atoms with E-state index in [0.717, 1.165) is 12.0 Å². The Labute approximate surface area is 120 Å². The van der Waals surface area contributed by atoms with Crippen molar-refractivity contribution in [1.82, 2.24) is 5.32 Å². The number of aliphatic hydroxyl groups is 1. The number of aliphatic hydroxyl groups excluding tert-OH is 1. The van der Waals surface area contributed by atoms with Crippen LogP contribution >= 0.6 is 0 Å². The number of rotatable bonds is 2. The van der Waals surface area contributed by atoms with E-state index in [4.69, 9.17) is 0 Å². The highest BCUT2D eigenvalue weighted by Crippen LogP contribution is 2.34. The number of nitrogens with one attached hydrogen (secondary N) is 1. The summed E-state index contributed by atoms with van der Waals surface area (Å²) in [6, 6.07) is 7.24. The maximum absolute atomic E-state index is 13.4. The van der Waals surface area contributed by atoms with E-state index in [1.54, 1.807) is 12.1 Å². The van der Waals surface area contributed by atoms with Crippen molar-refractivity contribution in [3.05, 3.63) is 35.6 Å². The Hall–Kier alpha value is -0.930. The van der Waals surface area contributed by atoms with E-state index in [1.807, 2.05) is 6.07 Å². The molecule has 1 aromatic carbocycles. The van der Waals surface area contributed by atoms with Gasteiger partial charge < -0.3 is 10.4 Å². The molecule has 1 aliphatic carbocycles. The molecule has 3 rings (SSSR count). The molecular weight excluding hydrogens is 253 g/mol. The minimum Gasteiger partial charge on any atom is -0.393 e. The zero-order valence-electron chi connectivity index (χ0n) is 11.9. The molecule has 0 spiro atoms. The summed E-state index contributed by atoms with van der Waals surface area (Å²) in [6.45, 7) is 0. The number of hydrogen-bond donors (Lipinski definition) is 2.